The standard InChI is InChI=1S/C18H28N2O4.C2H6/c1-6-23-16(21)9-7-8-12-20(17(22)24-18(3,4)5)15-13-14(2)10-11-19-15;1-2/h10-11,13H,6-9,12H2,1-5H3;1-2H3. The molecule has 0 N–H and O–H groups in total. The number of amides is 1. The average molecular weight is 367 g/mol. The zero-order valence-electron chi connectivity index (χ0n) is 17.3. The van der Waals surface area contributed by atoms with Gasteiger partial charge >= 0.3 is 12.1 Å². The summed E-state index contributed by atoms with van der Waals surface area (Å²) >= 11 is 0. The van der Waals surface area contributed by atoms with Crippen LogP contribution in [0.2, 0.25) is 0 Å². The minimum atomic E-state index is -0.579. The largest absolute Gasteiger partial charge is 0.466 e. The number of unbranched alkanes of at least 4 members (excludes halogenated alkanes) is 1. The third-order valence-corrected chi connectivity index (χ3v) is 3.11. The summed E-state index contributed by atoms with van der Waals surface area (Å²) in [4.78, 5) is 29.6. The van der Waals surface area contributed by atoms with Crippen LogP contribution in [0.15, 0.2) is 18.3 Å². The first-order valence-electron chi connectivity index (χ1n) is 9.31. The van der Waals surface area contributed by atoms with Crippen LogP contribution >= 0.6 is 0 Å². The highest BCUT2D eigenvalue weighted by Gasteiger charge is 2.24. The summed E-state index contributed by atoms with van der Waals surface area (Å²) in [6.45, 7) is 14.0. The second-order valence-electron chi connectivity index (χ2n) is 6.59. The van der Waals surface area contributed by atoms with Crippen LogP contribution in [0.1, 0.15) is 66.4 Å². The molecular formula is C20H34N2O4. The summed E-state index contributed by atoms with van der Waals surface area (Å²) < 4.78 is 10.4. The summed E-state index contributed by atoms with van der Waals surface area (Å²) in [5.41, 5.74) is 0.435. The number of ether oxygens (including phenoxy) is 2. The van der Waals surface area contributed by atoms with Gasteiger partial charge in [0, 0.05) is 19.2 Å². The number of rotatable bonds is 7. The summed E-state index contributed by atoms with van der Waals surface area (Å²) in [5.74, 6) is 0.343. The molecule has 0 spiro atoms. The van der Waals surface area contributed by atoms with E-state index in [0.29, 0.717) is 38.2 Å². The van der Waals surface area contributed by atoms with Crippen molar-refractivity contribution in [1.82, 2.24) is 4.98 Å². The van der Waals surface area contributed by atoms with Crippen LogP contribution in [0.5, 0.6) is 0 Å². The Bertz CT molecular complexity index is 553. The molecule has 0 aliphatic rings. The van der Waals surface area contributed by atoms with Gasteiger partial charge in [-0.15, -0.1) is 0 Å². The van der Waals surface area contributed by atoms with Gasteiger partial charge in [0.25, 0.3) is 0 Å². The number of aryl methyl sites for hydroxylation is 1. The van der Waals surface area contributed by atoms with E-state index in [1.807, 2.05) is 53.7 Å². The van der Waals surface area contributed by atoms with Gasteiger partial charge in [0.2, 0.25) is 0 Å². The second-order valence-corrected chi connectivity index (χ2v) is 6.59. The third-order valence-electron chi connectivity index (χ3n) is 3.11. The lowest BCUT2D eigenvalue weighted by Gasteiger charge is -2.27. The van der Waals surface area contributed by atoms with Crippen molar-refractivity contribution in [1.29, 1.82) is 0 Å². The number of hydrogen-bond donors (Lipinski definition) is 0. The molecule has 0 atom stereocenters. The van der Waals surface area contributed by atoms with Crippen LogP contribution in [-0.2, 0) is 14.3 Å². The maximum absolute atomic E-state index is 12.5. The van der Waals surface area contributed by atoms with Crippen molar-refractivity contribution in [3.8, 4) is 0 Å². The Hall–Kier alpha value is -2.11. The number of hydrogen-bond acceptors (Lipinski definition) is 5. The van der Waals surface area contributed by atoms with E-state index in [0.717, 1.165) is 5.56 Å². The predicted molar refractivity (Wildman–Crippen MR) is 104 cm³/mol. The molecule has 148 valence electrons. The highest BCUT2D eigenvalue weighted by molar-refractivity contribution is 5.86. The summed E-state index contributed by atoms with van der Waals surface area (Å²) in [6.07, 6.45) is 2.88. The molecular weight excluding hydrogens is 332 g/mol. The van der Waals surface area contributed by atoms with Gasteiger partial charge in [-0.25, -0.2) is 9.78 Å². The smallest absolute Gasteiger partial charge is 0.416 e. The van der Waals surface area contributed by atoms with Gasteiger partial charge < -0.3 is 9.47 Å². The van der Waals surface area contributed by atoms with E-state index in [2.05, 4.69) is 4.98 Å². The molecule has 0 fully saturated rings. The van der Waals surface area contributed by atoms with Crippen molar-refractivity contribution in [3.05, 3.63) is 23.9 Å². The third kappa shape index (κ3) is 10.0. The van der Waals surface area contributed by atoms with E-state index < -0.39 is 11.7 Å². The molecule has 1 aromatic rings. The predicted octanol–water partition coefficient (Wildman–Crippen LogP) is 4.89. The van der Waals surface area contributed by atoms with Gasteiger partial charge in [-0.05, 0) is 65.2 Å². The topological polar surface area (TPSA) is 68.7 Å². The van der Waals surface area contributed by atoms with Crippen LogP contribution in [0.4, 0.5) is 10.6 Å². The first kappa shape index (κ1) is 23.9. The summed E-state index contributed by atoms with van der Waals surface area (Å²) in [5, 5.41) is 0. The molecule has 0 unspecified atom stereocenters. The van der Waals surface area contributed by atoms with Crippen LogP contribution in [0.3, 0.4) is 0 Å². The molecule has 0 saturated carbocycles. The molecule has 0 radical (unpaired) electrons. The quantitative estimate of drug-likeness (QED) is 0.507. The minimum Gasteiger partial charge on any atom is -0.466 e. The summed E-state index contributed by atoms with van der Waals surface area (Å²) in [6, 6.07) is 3.72. The van der Waals surface area contributed by atoms with Gasteiger partial charge in [-0.3, -0.25) is 9.69 Å². The Morgan fingerprint density at radius 2 is 1.85 bits per heavy atom. The molecule has 1 aromatic heterocycles. The number of esters is 1. The fraction of sp³-hybridized carbons (Fsp3) is 0.650. The van der Waals surface area contributed by atoms with E-state index in [-0.39, 0.29) is 5.97 Å². The molecule has 0 bridgehead atoms. The second kappa shape index (κ2) is 12.3. The number of nitrogens with zero attached hydrogens (tertiary/aromatic N) is 2. The Morgan fingerprint density at radius 3 is 2.38 bits per heavy atom. The zero-order valence-corrected chi connectivity index (χ0v) is 17.3. The molecule has 0 aromatic carbocycles. The van der Waals surface area contributed by atoms with Crippen LogP contribution in [0.25, 0.3) is 0 Å². The van der Waals surface area contributed by atoms with E-state index in [4.69, 9.17) is 9.47 Å². The minimum absolute atomic E-state index is 0.213. The maximum atomic E-state index is 12.5. The molecule has 0 saturated heterocycles. The maximum Gasteiger partial charge on any atom is 0.416 e. The Balaban J connectivity index is 0.00000301. The van der Waals surface area contributed by atoms with Gasteiger partial charge in [-0.1, -0.05) is 13.8 Å². The fourth-order valence-electron chi connectivity index (χ4n) is 2.06. The number of carbonyl (C=O) groups excluding carboxylic acids is 2. The molecule has 1 rings (SSSR count). The van der Waals surface area contributed by atoms with Crippen LogP contribution < -0.4 is 4.90 Å². The van der Waals surface area contributed by atoms with E-state index in [1.54, 1.807) is 13.1 Å². The Morgan fingerprint density at radius 1 is 1.19 bits per heavy atom. The molecule has 6 nitrogen and oxygen atoms in total. The van der Waals surface area contributed by atoms with Crippen LogP contribution in [-0.4, -0.2) is 35.8 Å². The number of pyridine rings is 1. The Labute approximate surface area is 157 Å². The summed E-state index contributed by atoms with van der Waals surface area (Å²) in [7, 11) is 0. The van der Waals surface area contributed by atoms with Crippen molar-refractivity contribution < 1.29 is 19.1 Å². The lowest BCUT2D eigenvalue weighted by molar-refractivity contribution is -0.143. The van der Waals surface area contributed by atoms with Crippen molar-refractivity contribution in [2.75, 3.05) is 18.1 Å². The lowest BCUT2D eigenvalue weighted by atomic mass is 10.2. The zero-order chi connectivity index (χ0) is 20.2. The fourth-order valence-corrected chi connectivity index (χ4v) is 2.06. The molecule has 1 heterocycles. The number of carbonyl (C=O) groups is 2. The van der Waals surface area contributed by atoms with Gasteiger partial charge in [0.1, 0.15) is 11.4 Å². The molecule has 6 heteroatoms. The van der Waals surface area contributed by atoms with Gasteiger partial charge in [0.15, 0.2) is 0 Å². The molecule has 1 amide bonds. The van der Waals surface area contributed by atoms with Crippen LogP contribution in [0, 0.1) is 6.92 Å². The molecule has 0 aliphatic carbocycles. The molecule has 0 aliphatic heterocycles. The number of anilines is 1. The first-order chi connectivity index (χ1) is 12.2. The molecule has 26 heavy (non-hydrogen) atoms. The van der Waals surface area contributed by atoms with Crippen molar-refractivity contribution in [2.45, 2.75) is 73.3 Å². The van der Waals surface area contributed by atoms with E-state index in [1.165, 1.54) is 4.90 Å². The van der Waals surface area contributed by atoms with Crippen molar-refractivity contribution >= 4 is 17.9 Å². The SMILES string of the molecule is CC.CCOC(=O)CCCCN(C(=O)OC(C)(C)C)c1cc(C)ccn1. The van der Waals surface area contributed by atoms with Crippen molar-refractivity contribution in [2.24, 2.45) is 0 Å². The highest BCUT2D eigenvalue weighted by Crippen LogP contribution is 2.18. The highest BCUT2D eigenvalue weighted by atomic mass is 16.6. The first-order valence-corrected chi connectivity index (χ1v) is 9.31. The normalized spacial score (nSPS) is 10.4. The van der Waals surface area contributed by atoms with E-state index >= 15 is 0 Å². The Kier molecular flexibility index (Phi) is 11.3. The van der Waals surface area contributed by atoms with E-state index in [9.17, 15) is 9.59 Å². The van der Waals surface area contributed by atoms with Gasteiger partial charge in [0.05, 0.1) is 6.61 Å². The monoisotopic (exact) mass is 366 g/mol. The van der Waals surface area contributed by atoms with Crippen molar-refractivity contribution in [3.63, 3.8) is 0 Å². The van der Waals surface area contributed by atoms with Gasteiger partial charge in [-0.2, -0.15) is 0 Å². The number of aromatic nitrogens is 1. The lowest BCUT2D eigenvalue weighted by Crippen LogP contribution is -2.38. The average Bonchev–Trinajstić information content (AvgIpc) is 2.55.